The van der Waals surface area contributed by atoms with Crippen molar-refractivity contribution >= 4 is 11.6 Å². The summed E-state index contributed by atoms with van der Waals surface area (Å²) >= 11 is 0. The van der Waals surface area contributed by atoms with E-state index < -0.39 is 0 Å². The van der Waals surface area contributed by atoms with Gasteiger partial charge in [-0.1, -0.05) is 13.3 Å². The van der Waals surface area contributed by atoms with Gasteiger partial charge >= 0.3 is 0 Å². The maximum atomic E-state index is 5.42. The first-order valence-corrected chi connectivity index (χ1v) is 9.48. The second-order valence-electron chi connectivity index (χ2n) is 7.18. The molecule has 0 N–H and O–H groups in total. The van der Waals surface area contributed by atoms with Crippen LogP contribution in [0.15, 0.2) is 12.1 Å². The number of rotatable bonds is 6. The number of benzene rings is 1. The van der Waals surface area contributed by atoms with Gasteiger partial charge in [0, 0.05) is 13.6 Å². The summed E-state index contributed by atoms with van der Waals surface area (Å²) in [5.74, 6) is 2.46. The number of fused-ring (bicyclic) bond motifs is 1. The Morgan fingerprint density at radius 2 is 1.70 bits per heavy atom. The zero-order valence-corrected chi connectivity index (χ0v) is 17.4. The summed E-state index contributed by atoms with van der Waals surface area (Å²) in [4.78, 5) is 11.6. The molecule has 2 aromatic heterocycles. The molecule has 0 radical (unpaired) electrons. The fourth-order valence-corrected chi connectivity index (χ4v) is 3.60. The van der Waals surface area contributed by atoms with Gasteiger partial charge in [-0.2, -0.15) is 14.6 Å². The van der Waals surface area contributed by atoms with Gasteiger partial charge in [-0.25, -0.2) is 4.98 Å². The van der Waals surface area contributed by atoms with E-state index >= 15 is 0 Å². The zero-order valence-electron chi connectivity index (χ0n) is 17.4. The molecule has 0 spiro atoms. The monoisotopic (exact) mass is 367 g/mol. The van der Waals surface area contributed by atoms with Gasteiger partial charge in [0.05, 0.1) is 18.4 Å². The molecule has 0 amide bonds. The van der Waals surface area contributed by atoms with Crippen molar-refractivity contribution in [2.45, 2.75) is 47.5 Å². The van der Waals surface area contributed by atoms with Crippen LogP contribution in [0, 0.1) is 27.7 Å². The predicted octanol–water partition coefficient (Wildman–Crippen LogP) is 4.27. The minimum absolute atomic E-state index is 0.755. The van der Waals surface area contributed by atoms with Crippen molar-refractivity contribution in [3.8, 4) is 16.9 Å². The third-order valence-corrected chi connectivity index (χ3v) is 4.94. The molecule has 144 valence electrons. The maximum absolute atomic E-state index is 5.42. The second-order valence-corrected chi connectivity index (χ2v) is 7.18. The fourth-order valence-electron chi connectivity index (χ4n) is 3.60. The highest BCUT2D eigenvalue weighted by Crippen LogP contribution is 2.36. The number of ether oxygens (including phenoxy) is 1. The van der Waals surface area contributed by atoms with E-state index in [2.05, 4.69) is 49.8 Å². The molecule has 0 saturated heterocycles. The lowest BCUT2D eigenvalue weighted by Gasteiger charge is -2.18. The van der Waals surface area contributed by atoms with Crippen LogP contribution in [0.4, 0.5) is 5.95 Å². The molecular formula is C21H29N5O. The minimum Gasteiger partial charge on any atom is -0.497 e. The van der Waals surface area contributed by atoms with Crippen molar-refractivity contribution in [2.75, 3.05) is 25.6 Å². The van der Waals surface area contributed by atoms with Crippen LogP contribution >= 0.6 is 0 Å². The Bertz CT molecular complexity index is 953. The lowest BCUT2D eigenvalue weighted by atomic mass is 9.95. The number of aromatic nitrogens is 4. The summed E-state index contributed by atoms with van der Waals surface area (Å²) in [5, 5.41) is 4.80. The van der Waals surface area contributed by atoms with Gasteiger partial charge in [-0.3, -0.25) is 0 Å². The van der Waals surface area contributed by atoms with E-state index in [9.17, 15) is 0 Å². The van der Waals surface area contributed by atoms with Crippen molar-refractivity contribution in [1.82, 2.24) is 19.6 Å². The quantitative estimate of drug-likeness (QED) is 0.651. The van der Waals surface area contributed by atoms with Crippen LogP contribution in [-0.2, 0) is 0 Å². The smallest absolute Gasteiger partial charge is 0.230 e. The van der Waals surface area contributed by atoms with Gasteiger partial charge in [0.1, 0.15) is 11.6 Å². The predicted molar refractivity (Wildman–Crippen MR) is 110 cm³/mol. The fraction of sp³-hybridized carbons (Fsp3) is 0.476. The minimum atomic E-state index is 0.755. The average Bonchev–Trinajstić information content (AvgIpc) is 2.94. The van der Waals surface area contributed by atoms with Crippen molar-refractivity contribution in [3.63, 3.8) is 0 Å². The average molecular weight is 367 g/mol. The first-order valence-electron chi connectivity index (χ1n) is 9.48. The van der Waals surface area contributed by atoms with E-state index in [0.717, 1.165) is 64.9 Å². The molecule has 0 bridgehead atoms. The maximum Gasteiger partial charge on any atom is 0.230 e. The Morgan fingerprint density at radius 3 is 2.30 bits per heavy atom. The molecular weight excluding hydrogens is 338 g/mol. The van der Waals surface area contributed by atoms with Gasteiger partial charge in [-0.15, -0.1) is 0 Å². The zero-order chi connectivity index (χ0) is 19.7. The Labute approximate surface area is 161 Å². The van der Waals surface area contributed by atoms with Crippen molar-refractivity contribution in [3.05, 3.63) is 34.8 Å². The number of aryl methyl sites for hydroxylation is 4. The van der Waals surface area contributed by atoms with E-state index in [-0.39, 0.29) is 0 Å². The standard InChI is InChI=1S/C21H29N5O/c1-8-9-10-25(6)21-23-16(5)22-20-19(15(4)24-26(20)21)18-13(2)11-17(27-7)12-14(18)3/h11-12H,8-10H2,1-7H3. The molecule has 3 aromatic rings. The van der Waals surface area contributed by atoms with Crippen LogP contribution < -0.4 is 9.64 Å². The van der Waals surface area contributed by atoms with E-state index in [0.29, 0.717) is 0 Å². The van der Waals surface area contributed by atoms with Gasteiger partial charge in [0.25, 0.3) is 0 Å². The Hall–Kier alpha value is -2.63. The van der Waals surface area contributed by atoms with Crippen LogP contribution in [0.5, 0.6) is 5.75 Å². The number of hydrogen-bond donors (Lipinski definition) is 0. The normalized spacial score (nSPS) is 11.2. The molecule has 0 aliphatic rings. The van der Waals surface area contributed by atoms with Gasteiger partial charge in [0.2, 0.25) is 5.95 Å². The van der Waals surface area contributed by atoms with E-state index in [1.807, 2.05) is 18.4 Å². The molecule has 0 fully saturated rings. The highest BCUT2D eigenvalue weighted by atomic mass is 16.5. The Balaban J connectivity index is 2.25. The Morgan fingerprint density at radius 1 is 1.04 bits per heavy atom. The Kier molecular flexibility index (Phi) is 5.35. The molecule has 27 heavy (non-hydrogen) atoms. The first-order chi connectivity index (χ1) is 12.9. The van der Waals surface area contributed by atoms with Crippen LogP contribution in [0.1, 0.15) is 42.4 Å². The van der Waals surface area contributed by atoms with E-state index in [4.69, 9.17) is 14.8 Å². The highest BCUT2D eigenvalue weighted by molar-refractivity contribution is 5.84. The van der Waals surface area contributed by atoms with E-state index in [1.54, 1.807) is 7.11 Å². The third-order valence-electron chi connectivity index (χ3n) is 4.94. The van der Waals surface area contributed by atoms with E-state index in [1.165, 1.54) is 5.56 Å². The molecule has 1 aromatic carbocycles. The molecule has 0 atom stereocenters. The van der Waals surface area contributed by atoms with Crippen LogP contribution in [0.25, 0.3) is 16.8 Å². The third kappa shape index (κ3) is 3.48. The molecule has 0 saturated carbocycles. The molecule has 0 aliphatic carbocycles. The SMILES string of the molecule is CCCCN(C)c1nc(C)nc2c(-c3c(C)cc(OC)cc3C)c(C)nn12. The topological polar surface area (TPSA) is 55.5 Å². The summed E-state index contributed by atoms with van der Waals surface area (Å²) in [6, 6.07) is 4.13. The number of unbranched alkanes of at least 4 members (excludes halogenated alkanes) is 1. The summed E-state index contributed by atoms with van der Waals surface area (Å²) < 4.78 is 7.31. The number of methoxy groups -OCH3 is 1. The van der Waals surface area contributed by atoms with Crippen LogP contribution in [0.2, 0.25) is 0 Å². The molecule has 3 rings (SSSR count). The highest BCUT2D eigenvalue weighted by Gasteiger charge is 2.21. The number of hydrogen-bond acceptors (Lipinski definition) is 5. The molecule has 0 aliphatic heterocycles. The number of nitrogens with zero attached hydrogens (tertiary/aromatic N) is 5. The summed E-state index contributed by atoms with van der Waals surface area (Å²) in [6.45, 7) is 11.3. The van der Waals surface area contributed by atoms with Gasteiger partial charge in [0.15, 0.2) is 5.65 Å². The lowest BCUT2D eigenvalue weighted by Crippen LogP contribution is -2.23. The second kappa shape index (κ2) is 7.55. The van der Waals surface area contributed by atoms with Crippen molar-refractivity contribution in [1.29, 1.82) is 0 Å². The first kappa shape index (κ1) is 19.1. The summed E-state index contributed by atoms with van der Waals surface area (Å²) in [6.07, 6.45) is 2.26. The van der Waals surface area contributed by atoms with Gasteiger partial charge < -0.3 is 9.64 Å². The van der Waals surface area contributed by atoms with Gasteiger partial charge in [-0.05, 0) is 62.9 Å². The molecule has 6 nitrogen and oxygen atoms in total. The van der Waals surface area contributed by atoms with Crippen LogP contribution in [0.3, 0.4) is 0 Å². The largest absolute Gasteiger partial charge is 0.497 e. The van der Waals surface area contributed by atoms with Crippen molar-refractivity contribution in [2.24, 2.45) is 0 Å². The molecule has 0 unspecified atom stereocenters. The lowest BCUT2D eigenvalue weighted by molar-refractivity contribution is 0.414. The summed E-state index contributed by atoms with van der Waals surface area (Å²) in [7, 11) is 3.76. The van der Waals surface area contributed by atoms with Crippen molar-refractivity contribution < 1.29 is 4.74 Å². The molecule has 6 heteroatoms. The summed E-state index contributed by atoms with van der Waals surface area (Å²) in [5.41, 5.74) is 6.36. The van der Waals surface area contributed by atoms with Crippen LogP contribution in [-0.4, -0.2) is 40.3 Å². The molecule has 2 heterocycles. The number of anilines is 1.